The Morgan fingerprint density at radius 3 is 3.14 bits per heavy atom. The van der Waals surface area contributed by atoms with Crippen LogP contribution in [0.5, 0.6) is 0 Å². The molecule has 7 nitrogen and oxygen atoms in total. The van der Waals surface area contributed by atoms with Gasteiger partial charge in [0.15, 0.2) is 0 Å². The van der Waals surface area contributed by atoms with E-state index < -0.39 is 0 Å². The van der Waals surface area contributed by atoms with Crippen molar-refractivity contribution >= 4 is 17.3 Å². The van der Waals surface area contributed by atoms with E-state index in [4.69, 9.17) is 4.74 Å². The minimum absolute atomic E-state index is 0.0733. The molecule has 0 radical (unpaired) electrons. The van der Waals surface area contributed by atoms with Crippen LogP contribution in [0.1, 0.15) is 26.2 Å². The molecule has 0 amide bonds. The SMILES string of the molecule is CCNc1ccc([N+](=O)[O-])c(N2CCOC3CCCC32)n1. The standard InChI is InChI=1S/C14H20N4O3/c1-2-15-13-7-6-11(18(19)20)14(16-13)17-8-9-21-12-5-3-4-10(12)17/h6-7,10,12H,2-5,8-9H2,1H3,(H,15,16). The number of rotatable bonds is 4. The van der Waals surface area contributed by atoms with Crippen molar-refractivity contribution in [2.24, 2.45) is 0 Å². The normalized spacial score (nSPS) is 24.7. The van der Waals surface area contributed by atoms with E-state index in [0.29, 0.717) is 24.8 Å². The Labute approximate surface area is 123 Å². The van der Waals surface area contributed by atoms with Crippen molar-refractivity contribution in [2.45, 2.75) is 38.3 Å². The molecule has 114 valence electrons. The lowest BCUT2D eigenvalue weighted by Gasteiger charge is -2.38. The van der Waals surface area contributed by atoms with Gasteiger partial charge in [-0.15, -0.1) is 0 Å². The molecule has 1 saturated carbocycles. The van der Waals surface area contributed by atoms with Gasteiger partial charge in [0.05, 0.1) is 23.7 Å². The largest absolute Gasteiger partial charge is 0.374 e. The second kappa shape index (κ2) is 5.85. The van der Waals surface area contributed by atoms with Crippen molar-refractivity contribution in [3.05, 3.63) is 22.2 Å². The molecule has 1 aliphatic carbocycles. The summed E-state index contributed by atoms with van der Waals surface area (Å²) in [5, 5.41) is 14.4. The molecule has 2 atom stereocenters. The van der Waals surface area contributed by atoms with Gasteiger partial charge in [-0.2, -0.15) is 0 Å². The quantitative estimate of drug-likeness (QED) is 0.676. The molecule has 0 spiro atoms. The van der Waals surface area contributed by atoms with Crippen molar-refractivity contribution < 1.29 is 9.66 Å². The summed E-state index contributed by atoms with van der Waals surface area (Å²) in [5.74, 6) is 1.15. The number of nitrogens with zero attached hydrogens (tertiary/aromatic N) is 3. The second-order valence-electron chi connectivity index (χ2n) is 5.43. The van der Waals surface area contributed by atoms with Crippen LogP contribution in [0.25, 0.3) is 0 Å². The smallest absolute Gasteiger partial charge is 0.311 e. The lowest BCUT2D eigenvalue weighted by atomic mass is 10.1. The molecular weight excluding hydrogens is 272 g/mol. The average Bonchev–Trinajstić information content (AvgIpc) is 2.95. The van der Waals surface area contributed by atoms with E-state index in [2.05, 4.69) is 15.2 Å². The highest BCUT2D eigenvalue weighted by Gasteiger charge is 2.39. The fraction of sp³-hybridized carbons (Fsp3) is 0.643. The third-order valence-corrected chi connectivity index (χ3v) is 4.16. The molecule has 1 aliphatic heterocycles. The highest BCUT2D eigenvalue weighted by atomic mass is 16.6. The molecule has 2 heterocycles. The van der Waals surface area contributed by atoms with Gasteiger partial charge in [-0.25, -0.2) is 4.98 Å². The van der Waals surface area contributed by atoms with Crippen LogP contribution in [0.2, 0.25) is 0 Å². The fourth-order valence-corrected chi connectivity index (χ4v) is 3.26. The van der Waals surface area contributed by atoms with E-state index in [1.807, 2.05) is 6.92 Å². The average molecular weight is 292 g/mol. The first-order valence-corrected chi connectivity index (χ1v) is 7.48. The minimum atomic E-state index is -0.350. The summed E-state index contributed by atoms with van der Waals surface area (Å²) >= 11 is 0. The van der Waals surface area contributed by atoms with Gasteiger partial charge in [0.2, 0.25) is 5.82 Å². The molecule has 1 aromatic heterocycles. The molecule has 0 bridgehead atoms. The van der Waals surface area contributed by atoms with Gasteiger partial charge >= 0.3 is 5.69 Å². The van der Waals surface area contributed by atoms with Gasteiger partial charge in [-0.3, -0.25) is 10.1 Å². The van der Waals surface area contributed by atoms with Crippen LogP contribution < -0.4 is 10.2 Å². The van der Waals surface area contributed by atoms with Crippen molar-refractivity contribution in [2.75, 3.05) is 29.9 Å². The molecule has 1 N–H and O–H groups in total. The number of nitro groups is 1. The Kier molecular flexibility index (Phi) is 3.92. The van der Waals surface area contributed by atoms with Crippen LogP contribution in [-0.2, 0) is 4.74 Å². The van der Waals surface area contributed by atoms with Crippen LogP contribution >= 0.6 is 0 Å². The van der Waals surface area contributed by atoms with Gasteiger partial charge in [0.1, 0.15) is 5.82 Å². The van der Waals surface area contributed by atoms with Crippen LogP contribution in [-0.4, -0.2) is 41.7 Å². The van der Waals surface area contributed by atoms with E-state index in [-0.39, 0.29) is 22.8 Å². The summed E-state index contributed by atoms with van der Waals surface area (Å²) in [7, 11) is 0. The molecule has 21 heavy (non-hydrogen) atoms. The van der Waals surface area contributed by atoms with E-state index in [1.54, 1.807) is 12.1 Å². The lowest BCUT2D eigenvalue weighted by Crippen LogP contribution is -2.49. The molecule has 1 saturated heterocycles. The topological polar surface area (TPSA) is 80.5 Å². The summed E-state index contributed by atoms with van der Waals surface area (Å²) in [4.78, 5) is 17.5. The number of fused-ring (bicyclic) bond motifs is 1. The number of ether oxygens (including phenoxy) is 1. The maximum atomic E-state index is 11.3. The first-order valence-electron chi connectivity index (χ1n) is 7.48. The zero-order valence-corrected chi connectivity index (χ0v) is 12.1. The summed E-state index contributed by atoms with van der Waals surface area (Å²) < 4.78 is 5.78. The van der Waals surface area contributed by atoms with Crippen LogP contribution in [0.4, 0.5) is 17.3 Å². The Balaban J connectivity index is 1.97. The fourth-order valence-electron chi connectivity index (χ4n) is 3.26. The number of morpholine rings is 1. The molecule has 1 aromatic rings. The van der Waals surface area contributed by atoms with Crippen LogP contribution in [0.15, 0.2) is 12.1 Å². The predicted octanol–water partition coefficient (Wildman–Crippen LogP) is 2.18. The first-order chi connectivity index (χ1) is 10.2. The number of hydrogen-bond acceptors (Lipinski definition) is 6. The van der Waals surface area contributed by atoms with Gasteiger partial charge < -0.3 is 15.0 Å². The third kappa shape index (κ3) is 2.65. The molecule has 2 aliphatic rings. The van der Waals surface area contributed by atoms with Crippen LogP contribution in [0, 0.1) is 10.1 Å². The molecular formula is C14H20N4O3. The number of nitrogens with one attached hydrogen (secondary N) is 1. The Bertz CT molecular complexity index is 537. The number of anilines is 2. The molecule has 7 heteroatoms. The summed E-state index contributed by atoms with van der Waals surface area (Å²) in [6.07, 6.45) is 3.33. The Hall–Kier alpha value is -1.89. The van der Waals surface area contributed by atoms with E-state index in [9.17, 15) is 10.1 Å². The predicted molar refractivity (Wildman–Crippen MR) is 79.8 cm³/mol. The van der Waals surface area contributed by atoms with Gasteiger partial charge in [-0.05, 0) is 32.3 Å². The minimum Gasteiger partial charge on any atom is -0.374 e. The van der Waals surface area contributed by atoms with Gasteiger partial charge in [-0.1, -0.05) is 0 Å². The second-order valence-corrected chi connectivity index (χ2v) is 5.43. The highest BCUT2D eigenvalue weighted by molar-refractivity contribution is 5.62. The van der Waals surface area contributed by atoms with E-state index in [0.717, 1.165) is 25.8 Å². The Morgan fingerprint density at radius 1 is 1.52 bits per heavy atom. The maximum absolute atomic E-state index is 11.3. The highest BCUT2D eigenvalue weighted by Crippen LogP contribution is 2.36. The number of hydrogen-bond donors (Lipinski definition) is 1. The van der Waals surface area contributed by atoms with E-state index >= 15 is 0 Å². The third-order valence-electron chi connectivity index (χ3n) is 4.16. The summed E-state index contributed by atoms with van der Waals surface area (Å²) in [6.45, 7) is 3.97. The monoisotopic (exact) mass is 292 g/mol. The number of aromatic nitrogens is 1. The van der Waals surface area contributed by atoms with Crippen molar-refractivity contribution in [3.8, 4) is 0 Å². The molecule has 0 aromatic carbocycles. The van der Waals surface area contributed by atoms with Gasteiger partial charge in [0.25, 0.3) is 0 Å². The Morgan fingerprint density at radius 2 is 2.38 bits per heavy atom. The molecule has 2 fully saturated rings. The van der Waals surface area contributed by atoms with E-state index in [1.165, 1.54) is 0 Å². The maximum Gasteiger partial charge on any atom is 0.311 e. The zero-order valence-electron chi connectivity index (χ0n) is 12.1. The van der Waals surface area contributed by atoms with Crippen molar-refractivity contribution in [1.29, 1.82) is 0 Å². The van der Waals surface area contributed by atoms with Crippen molar-refractivity contribution in [3.63, 3.8) is 0 Å². The van der Waals surface area contributed by atoms with Crippen LogP contribution in [0.3, 0.4) is 0 Å². The zero-order chi connectivity index (χ0) is 14.8. The molecule has 2 unspecified atom stereocenters. The molecule has 3 rings (SSSR count). The summed E-state index contributed by atoms with van der Waals surface area (Å²) in [6, 6.07) is 3.42. The van der Waals surface area contributed by atoms with Crippen molar-refractivity contribution in [1.82, 2.24) is 4.98 Å². The lowest BCUT2D eigenvalue weighted by molar-refractivity contribution is -0.384. The first kappa shape index (κ1) is 14.1. The summed E-state index contributed by atoms with van der Waals surface area (Å²) in [5.41, 5.74) is 0.0733. The number of pyridine rings is 1. The van der Waals surface area contributed by atoms with Gasteiger partial charge in [0, 0.05) is 19.2 Å².